The Morgan fingerprint density at radius 3 is 2.58 bits per heavy atom. The summed E-state index contributed by atoms with van der Waals surface area (Å²) in [6.45, 7) is 2.90. The van der Waals surface area contributed by atoms with E-state index in [0.29, 0.717) is 4.47 Å². The normalized spacial score (nSPS) is 10.9. The first-order chi connectivity index (χ1) is 8.72. The Kier molecular flexibility index (Phi) is 4.88. The zero-order valence-corrected chi connectivity index (χ0v) is 12.0. The smallest absolute Gasteiger partial charge is 0.319 e. The largest absolute Gasteiger partial charge is 0.481 e. The lowest BCUT2D eigenvalue weighted by atomic mass is 9.94. The van der Waals surface area contributed by atoms with E-state index in [1.165, 1.54) is 26.0 Å². The average molecular weight is 333 g/mol. The molecule has 2 amide bonds. The van der Waals surface area contributed by atoms with Crippen molar-refractivity contribution in [3.8, 4) is 0 Å². The molecule has 19 heavy (non-hydrogen) atoms. The Bertz CT molecular complexity index is 506. The van der Waals surface area contributed by atoms with E-state index in [4.69, 9.17) is 5.11 Å². The molecule has 1 aromatic rings. The van der Waals surface area contributed by atoms with Gasteiger partial charge < -0.3 is 15.7 Å². The molecule has 0 saturated heterocycles. The molecule has 0 aromatic heterocycles. The van der Waals surface area contributed by atoms with Crippen LogP contribution in [-0.2, 0) is 4.79 Å². The van der Waals surface area contributed by atoms with Gasteiger partial charge in [-0.15, -0.1) is 0 Å². The van der Waals surface area contributed by atoms with Crippen molar-refractivity contribution in [2.45, 2.75) is 13.8 Å². The maximum Gasteiger partial charge on any atom is 0.319 e. The molecule has 1 rings (SSSR count). The SMILES string of the molecule is CC(C)(CNC(=O)Nc1ccc(Br)cc1F)C(=O)O. The number of nitrogens with one attached hydrogen (secondary N) is 2. The van der Waals surface area contributed by atoms with E-state index in [9.17, 15) is 14.0 Å². The topological polar surface area (TPSA) is 78.4 Å². The second-order valence-corrected chi connectivity index (χ2v) is 5.54. The number of urea groups is 1. The lowest BCUT2D eigenvalue weighted by molar-refractivity contribution is -0.146. The maximum atomic E-state index is 13.4. The maximum absolute atomic E-state index is 13.4. The zero-order valence-electron chi connectivity index (χ0n) is 10.5. The van der Waals surface area contributed by atoms with E-state index in [2.05, 4.69) is 26.6 Å². The van der Waals surface area contributed by atoms with Crippen LogP contribution in [-0.4, -0.2) is 23.7 Å². The Morgan fingerprint density at radius 2 is 2.05 bits per heavy atom. The molecule has 0 aliphatic rings. The highest BCUT2D eigenvalue weighted by atomic mass is 79.9. The van der Waals surface area contributed by atoms with Crippen molar-refractivity contribution >= 4 is 33.6 Å². The standard InChI is InChI=1S/C12H14BrFN2O3/c1-12(2,10(17)18)6-15-11(19)16-9-4-3-7(13)5-8(9)14/h3-5H,6H2,1-2H3,(H,17,18)(H2,15,16,19). The second-order valence-electron chi connectivity index (χ2n) is 4.62. The summed E-state index contributed by atoms with van der Waals surface area (Å²) in [7, 11) is 0. The molecule has 0 fully saturated rings. The summed E-state index contributed by atoms with van der Waals surface area (Å²) in [5.74, 6) is -1.61. The Labute approximate surface area is 118 Å². The summed E-state index contributed by atoms with van der Waals surface area (Å²) >= 11 is 3.10. The minimum atomic E-state index is -1.09. The van der Waals surface area contributed by atoms with Crippen LogP contribution >= 0.6 is 15.9 Å². The van der Waals surface area contributed by atoms with Gasteiger partial charge in [-0.25, -0.2) is 9.18 Å². The first kappa shape index (κ1) is 15.4. The number of anilines is 1. The van der Waals surface area contributed by atoms with Gasteiger partial charge in [-0.2, -0.15) is 0 Å². The van der Waals surface area contributed by atoms with Gasteiger partial charge in [0, 0.05) is 11.0 Å². The Morgan fingerprint density at radius 1 is 1.42 bits per heavy atom. The highest BCUT2D eigenvalue weighted by Gasteiger charge is 2.27. The van der Waals surface area contributed by atoms with Gasteiger partial charge in [0.1, 0.15) is 5.82 Å². The van der Waals surface area contributed by atoms with Crippen LogP contribution in [0, 0.1) is 11.2 Å². The van der Waals surface area contributed by atoms with Crippen molar-refractivity contribution in [1.82, 2.24) is 5.32 Å². The molecular weight excluding hydrogens is 319 g/mol. The molecule has 0 atom stereocenters. The highest BCUT2D eigenvalue weighted by Crippen LogP contribution is 2.19. The van der Waals surface area contributed by atoms with Crippen molar-refractivity contribution in [3.05, 3.63) is 28.5 Å². The predicted molar refractivity (Wildman–Crippen MR) is 72.5 cm³/mol. The molecule has 3 N–H and O–H groups in total. The number of carboxylic acids is 1. The quantitative estimate of drug-likeness (QED) is 0.793. The lowest BCUT2D eigenvalue weighted by Crippen LogP contribution is -2.40. The Balaban J connectivity index is 2.59. The third-order valence-electron chi connectivity index (χ3n) is 2.45. The van der Waals surface area contributed by atoms with Crippen molar-refractivity contribution in [1.29, 1.82) is 0 Å². The first-order valence-electron chi connectivity index (χ1n) is 5.45. The summed E-state index contributed by atoms with van der Waals surface area (Å²) in [6, 6.07) is 3.55. The summed E-state index contributed by atoms with van der Waals surface area (Å²) in [6.07, 6.45) is 0. The molecule has 0 radical (unpaired) electrons. The van der Waals surface area contributed by atoms with E-state index in [1.54, 1.807) is 6.07 Å². The van der Waals surface area contributed by atoms with Crippen LogP contribution in [0.25, 0.3) is 0 Å². The van der Waals surface area contributed by atoms with E-state index < -0.39 is 23.2 Å². The molecule has 104 valence electrons. The summed E-state index contributed by atoms with van der Waals surface area (Å²) < 4.78 is 14.0. The molecular formula is C12H14BrFN2O3. The van der Waals surface area contributed by atoms with Crippen LogP contribution in [0.2, 0.25) is 0 Å². The van der Waals surface area contributed by atoms with Crippen LogP contribution in [0.5, 0.6) is 0 Å². The molecule has 0 bridgehead atoms. The van der Waals surface area contributed by atoms with E-state index in [0.717, 1.165) is 0 Å². The van der Waals surface area contributed by atoms with Gasteiger partial charge in [0.05, 0.1) is 11.1 Å². The number of hydrogen-bond donors (Lipinski definition) is 3. The van der Waals surface area contributed by atoms with Gasteiger partial charge in [0.15, 0.2) is 0 Å². The third kappa shape index (κ3) is 4.51. The van der Waals surface area contributed by atoms with Gasteiger partial charge in [-0.05, 0) is 32.0 Å². The van der Waals surface area contributed by atoms with Gasteiger partial charge in [0.25, 0.3) is 0 Å². The van der Waals surface area contributed by atoms with E-state index >= 15 is 0 Å². The van der Waals surface area contributed by atoms with Crippen LogP contribution < -0.4 is 10.6 Å². The molecule has 7 heteroatoms. The fourth-order valence-electron chi connectivity index (χ4n) is 1.13. The van der Waals surface area contributed by atoms with E-state index in [-0.39, 0.29) is 12.2 Å². The zero-order chi connectivity index (χ0) is 14.6. The minimum absolute atomic E-state index is 0.0221. The monoisotopic (exact) mass is 332 g/mol. The number of rotatable bonds is 4. The van der Waals surface area contributed by atoms with Gasteiger partial charge in [-0.1, -0.05) is 15.9 Å². The second kappa shape index (κ2) is 6.01. The molecule has 0 aliphatic carbocycles. The number of carbonyl (C=O) groups excluding carboxylic acids is 1. The molecule has 0 spiro atoms. The molecule has 0 aliphatic heterocycles. The number of aliphatic carboxylic acids is 1. The predicted octanol–water partition coefficient (Wildman–Crippen LogP) is 2.82. The highest BCUT2D eigenvalue weighted by molar-refractivity contribution is 9.10. The van der Waals surface area contributed by atoms with Gasteiger partial charge in [0.2, 0.25) is 0 Å². The number of hydrogen-bond acceptors (Lipinski definition) is 2. The number of carboxylic acid groups (broad SMARTS) is 1. The molecule has 0 saturated carbocycles. The third-order valence-corrected chi connectivity index (χ3v) is 2.94. The van der Waals surface area contributed by atoms with Gasteiger partial charge in [-0.3, -0.25) is 4.79 Å². The van der Waals surface area contributed by atoms with Crippen molar-refractivity contribution < 1.29 is 19.1 Å². The van der Waals surface area contributed by atoms with Gasteiger partial charge >= 0.3 is 12.0 Å². The summed E-state index contributed by atoms with van der Waals surface area (Å²) in [5.41, 5.74) is -1.07. The van der Waals surface area contributed by atoms with E-state index in [1.807, 2.05) is 0 Å². The van der Waals surface area contributed by atoms with Crippen molar-refractivity contribution in [3.63, 3.8) is 0 Å². The molecule has 0 heterocycles. The number of carbonyl (C=O) groups is 2. The number of amides is 2. The molecule has 5 nitrogen and oxygen atoms in total. The fraction of sp³-hybridized carbons (Fsp3) is 0.333. The summed E-state index contributed by atoms with van der Waals surface area (Å²) in [5, 5.41) is 13.6. The average Bonchev–Trinajstić information content (AvgIpc) is 2.30. The first-order valence-corrected chi connectivity index (χ1v) is 6.25. The van der Waals surface area contributed by atoms with Crippen molar-refractivity contribution in [2.24, 2.45) is 5.41 Å². The van der Waals surface area contributed by atoms with Crippen LogP contribution in [0.3, 0.4) is 0 Å². The fourth-order valence-corrected chi connectivity index (χ4v) is 1.47. The van der Waals surface area contributed by atoms with Crippen LogP contribution in [0.4, 0.5) is 14.9 Å². The minimum Gasteiger partial charge on any atom is -0.481 e. The Hall–Kier alpha value is -1.63. The van der Waals surface area contributed by atoms with Crippen molar-refractivity contribution in [2.75, 3.05) is 11.9 Å². The van der Waals surface area contributed by atoms with Crippen LogP contribution in [0.1, 0.15) is 13.8 Å². The summed E-state index contributed by atoms with van der Waals surface area (Å²) in [4.78, 5) is 22.4. The lowest BCUT2D eigenvalue weighted by Gasteiger charge is -2.19. The van der Waals surface area contributed by atoms with Crippen LogP contribution in [0.15, 0.2) is 22.7 Å². The molecule has 0 unspecified atom stereocenters. The number of halogens is 2. The molecule has 1 aromatic carbocycles. The number of benzene rings is 1.